The number of rotatable bonds is 2. The van der Waals surface area contributed by atoms with Crippen molar-refractivity contribution in [3.05, 3.63) is 24.3 Å². The molecule has 3 atom stereocenters. The summed E-state index contributed by atoms with van der Waals surface area (Å²) in [6.45, 7) is 10.8. The first kappa shape index (κ1) is 9.97. The Kier molecular flexibility index (Phi) is 1.94. The van der Waals surface area contributed by atoms with Crippen LogP contribution in [-0.2, 0) is 0 Å². The summed E-state index contributed by atoms with van der Waals surface area (Å²) in [5.74, 6) is 1.41. The molecule has 2 N–H and O–H groups in total. The van der Waals surface area contributed by atoms with Gasteiger partial charge in [0, 0.05) is 5.54 Å². The molecule has 1 nitrogen and oxygen atoms in total. The first-order chi connectivity index (χ1) is 6.42. The SMILES string of the molecule is C=CC[C@@]1(N)C=C(C)[C@H]2C[C@H]1C2(C)C. The third kappa shape index (κ3) is 1.05. The average Bonchev–Trinajstić information content (AvgIpc) is 2.01. The lowest BCUT2D eigenvalue weighted by Crippen LogP contribution is -2.63. The van der Waals surface area contributed by atoms with Crippen molar-refractivity contribution >= 4 is 0 Å². The normalized spacial score (nSPS) is 43.9. The average molecular weight is 191 g/mol. The third-order valence-corrected chi connectivity index (χ3v) is 4.46. The highest BCUT2D eigenvalue weighted by Crippen LogP contribution is 2.62. The van der Waals surface area contributed by atoms with E-state index in [9.17, 15) is 0 Å². The zero-order valence-corrected chi connectivity index (χ0v) is 9.51. The fourth-order valence-electron chi connectivity index (χ4n) is 3.69. The smallest absolute Gasteiger partial charge is 0.0410 e. The zero-order valence-electron chi connectivity index (χ0n) is 9.51. The second-order valence-electron chi connectivity index (χ2n) is 5.66. The van der Waals surface area contributed by atoms with E-state index in [1.165, 1.54) is 12.0 Å². The molecule has 0 aromatic carbocycles. The van der Waals surface area contributed by atoms with E-state index in [2.05, 4.69) is 33.4 Å². The minimum atomic E-state index is -0.121. The molecule has 0 radical (unpaired) electrons. The van der Waals surface area contributed by atoms with Gasteiger partial charge in [-0.2, -0.15) is 0 Å². The lowest BCUT2D eigenvalue weighted by atomic mass is 9.43. The minimum Gasteiger partial charge on any atom is -0.321 e. The molecule has 0 aromatic rings. The molecule has 3 rings (SSSR count). The molecule has 0 spiro atoms. The minimum absolute atomic E-state index is 0.121. The van der Waals surface area contributed by atoms with E-state index in [0.29, 0.717) is 11.3 Å². The van der Waals surface area contributed by atoms with Crippen molar-refractivity contribution < 1.29 is 0 Å². The van der Waals surface area contributed by atoms with Gasteiger partial charge in [0.05, 0.1) is 0 Å². The second-order valence-corrected chi connectivity index (χ2v) is 5.66. The van der Waals surface area contributed by atoms with Crippen LogP contribution in [0.4, 0.5) is 0 Å². The largest absolute Gasteiger partial charge is 0.321 e. The van der Waals surface area contributed by atoms with Crippen molar-refractivity contribution in [2.75, 3.05) is 0 Å². The molecular formula is C13H21N. The van der Waals surface area contributed by atoms with Crippen molar-refractivity contribution in [3.8, 4) is 0 Å². The van der Waals surface area contributed by atoms with Crippen LogP contribution in [0.2, 0.25) is 0 Å². The van der Waals surface area contributed by atoms with Gasteiger partial charge in [-0.05, 0) is 37.0 Å². The van der Waals surface area contributed by atoms with Crippen molar-refractivity contribution in [1.29, 1.82) is 0 Å². The molecule has 1 heteroatoms. The fraction of sp³-hybridized carbons (Fsp3) is 0.692. The van der Waals surface area contributed by atoms with Gasteiger partial charge in [0.1, 0.15) is 0 Å². The Morgan fingerprint density at radius 1 is 1.64 bits per heavy atom. The van der Waals surface area contributed by atoms with Gasteiger partial charge in [0.15, 0.2) is 0 Å². The van der Waals surface area contributed by atoms with E-state index < -0.39 is 0 Å². The van der Waals surface area contributed by atoms with Gasteiger partial charge >= 0.3 is 0 Å². The Balaban J connectivity index is 2.37. The molecule has 0 amide bonds. The molecule has 0 aromatic heterocycles. The van der Waals surface area contributed by atoms with Crippen LogP contribution in [0.3, 0.4) is 0 Å². The summed E-state index contributed by atoms with van der Waals surface area (Å²) in [4.78, 5) is 0. The number of hydrogen-bond donors (Lipinski definition) is 1. The van der Waals surface area contributed by atoms with Crippen molar-refractivity contribution in [2.45, 2.75) is 39.2 Å². The van der Waals surface area contributed by atoms with E-state index in [1.807, 2.05) is 6.08 Å². The Morgan fingerprint density at radius 3 is 2.71 bits per heavy atom. The van der Waals surface area contributed by atoms with E-state index in [-0.39, 0.29) is 5.54 Å². The molecule has 2 bridgehead atoms. The molecule has 1 fully saturated rings. The van der Waals surface area contributed by atoms with Crippen LogP contribution in [0.15, 0.2) is 24.3 Å². The summed E-state index contributed by atoms with van der Waals surface area (Å²) in [5, 5.41) is 0. The van der Waals surface area contributed by atoms with Crippen LogP contribution in [0.1, 0.15) is 33.6 Å². The number of nitrogens with two attached hydrogens (primary N) is 1. The van der Waals surface area contributed by atoms with Gasteiger partial charge in [0.25, 0.3) is 0 Å². The van der Waals surface area contributed by atoms with Crippen LogP contribution in [0.5, 0.6) is 0 Å². The molecule has 0 saturated heterocycles. The molecule has 1 saturated carbocycles. The first-order valence-electron chi connectivity index (χ1n) is 5.51. The van der Waals surface area contributed by atoms with E-state index in [1.54, 1.807) is 0 Å². The van der Waals surface area contributed by atoms with Crippen LogP contribution in [0.25, 0.3) is 0 Å². The fourth-order valence-corrected chi connectivity index (χ4v) is 3.69. The molecule has 0 unspecified atom stereocenters. The van der Waals surface area contributed by atoms with Crippen LogP contribution in [-0.4, -0.2) is 5.54 Å². The number of hydrogen-bond acceptors (Lipinski definition) is 1. The number of fused-ring (bicyclic) bond motifs is 1. The summed E-state index contributed by atoms with van der Waals surface area (Å²) in [5.41, 5.74) is 8.24. The van der Waals surface area contributed by atoms with E-state index in [4.69, 9.17) is 5.73 Å². The van der Waals surface area contributed by atoms with Gasteiger partial charge < -0.3 is 5.73 Å². The van der Waals surface area contributed by atoms with Gasteiger partial charge in [-0.15, -0.1) is 6.58 Å². The van der Waals surface area contributed by atoms with Gasteiger partial charge in [-0.3, -0.25) is 0 Å². The second kappa shape index (κ2) is 2.73. The maximum Gasteiger partial charge on any atom is 0.0410 e. The molecule has 3 aliphatic rings. The molecule has 0 aliphatic heterocycles. The Labute approximate surface area is 87.1 Å². The molecular weight excluding hydrogens is 170 g/mol. The number of allylic oxidation sites excluding steroid dienone is 1. The summed E-state index contributed by atoms with van der Waals surface area (Å²) < 4.78 is 0. The lowest BCUT2D eigenvalue weighted by molar-refractivity contribution is -0.0499. The molecule has 14 heavy (non-hydrogen) atoms. The highest BCUT2D eigenvalue weighted by molar-refractivity contribution is 5.32. The van der Waals surface area contributed by atoms with Crippen LogP contribution < -0.4 is 5.73 Å². The highest BCUT2D eigenvalue weighted by Gasteiger charge is 2.58. The summed E-state index contributed by atoms with van der Waals surface area (Å²) in [6.07, 6.45) is 6.43. The monoisotopic (exact) mass is 191 g/mol. The summed E-state index contributed by atoms with van der Waals surface area (Å²) in [6, 6.07) is 0. The Bertz CT molecular complexity index is 300. The predicted octanol–water partition coefficient (Wildman–Crippen LogP) is 2.88. The van der Waals surface area contributed by atoms with Crippen LogP contribution in [0, 0.1) is 17.3 Å². The molecule has 3 aliphatic carbocycles. The predicted molar refractivity (Wildman–Crippen MR) is 60.9 cm³/mol. The maximum atomic E-state index is 6.47. The molecule has 78 valence electrons. The standard InChI is InChI=1S/C13H21N/c1-5-6-13(14)8-9(2)10-7-11(13)12(10,3)4/h5,8,10-11H,1,6-7,14H2,2-4H3/t10-,11+,13-/m1/s1. The van der Waals surface area contributed by atoms with E-state index in [0.717, 1.165) is 12.3 Å². The maximum absolute atomic E-state index is 6.47. The Morgan fingerprint density at radius 2 is 2.29 bits per heavy atom. The molecule has 0 heterocycles. The highest BCUT2D eigenvalue weighted by atomic mass is 14.8. The quantitative estimate of drug-likeness (QED) is 0.667. The zero-order chi connectivity index (χ0) is 10.6. The van der Waals surface area contributed by atoms with Gasteiger partial charge in [0.2, 0.25) is 0 Å². The third-order valence-electron chi connectivity index (χ3n) is 4.46. The lowest BCUT2D eigenvalue weighted by Gasteiger charge is -2.62. The van der Waals surface area contributed by atoms with Crippen molar-refractivity contribution in [1.82, 2.24) is 0 Å². The topological polar surface area (TPSA) is 26.0 Å². The van der Waals surface area contributed by atoms with Crippen molar-refractivity contribution in [3.63, 3.8) is 0 Å². The van der Waals surface area contributed by atoms with Gasteiger partial charge in [-0.1, -0.05) is 31.6 Å². The van der Waals surface area contributed by atoms with Crippen molar-refractivity contribution in [2.24, 2.45) is 23.0 Å². The Hall–Kier alpha value is -0.560. The first-order valence-corrected chi connectivity index (χ1v) is 5.51. The summed E-state index contributed by atoms with van der Waals surface area (Å²) in [7, 11) is 0. The van der Waals surface area contributed by atoms with E-state index >= 15 is 0 Å². The van der Waals surface area contributed by atoms with Crippen LogP contribution >= 0.6 is 0 Å². The van der Waals surface area contributed by atoms with Gasteiger partial charge in [-0.25, -0.2) is 0 Å². The summed E-state index contributed by atoms with van der Waals surface area (Å²) >= 11 is 0.